The average Bonchev–Trinajstić information content (AvgIpc) is 3.55. The molecule has 0 N–H and O–H groups in total. The summed E-state index contributed by atoms with van der Waals surface area (Å²) in [6.45, 7) is 4.34. The van der Waals surface area contributed by atoms with E-state index in [2.05, 4.69) is 6.58 Å². The van der Waals surface area contributed by atoms with Gasteiger partial charge in [0.15, 0.2) is 6.61 Å². The Balaban J connectivity index is 1.15. The molecule has 0 spiro atoms. The number of hydrogen-bond acceptors (Lipinski definition) is 9. The fourth-order valence-corrected chi connectivity index (χ4v) is 7.77. The number of ketones is 1. The largest absolute Gasteiger partial charge is 0.462 e. The smallest absolute Gasteiger partial charge is 0.344 e. The maximum absolute atomic E-state index is 13.3. The van der Waals surface area contributed by atoms with Gasteiger partial charge in [0, 0.05) is 35.7 Å². The molecule has 5 saturated carbocycles. The van der Waals surface area contributed by atoms with Crippen LogP contribution < -0.4 is 0 Å². The first-order valence-corrected chi connectivity index (χ1v) is 11.7. The number of carbonyl (C=O) groups is 5. The molecule has 33 heavy (non-hydrogen) atoms. The molecule has 6 rings (SSSR count). The maximum atomic E-state index is 13.3. The predicted molar refractivity (Wildman–Crippen MR) is 107 cm³/mol. The molecule has 6 aliphatic rings. The van der Waals surface area contributed by atoms with Crippen molar-refractivity contribution in [1.29, 1.82) is 0 Å². The van der Waals surface area contributed by atoms with E-state index in [1.807, 2.05) is 0 Å². The van der Waals surface area contributed by atoms with Gasteiger partial charge in [-0.3, -0.25) is 14.4 Å². The van der Waals surface area contributed by atoms with E-state index in [1.54, 1.807) is 0 Å². The molecular weight excluding hydrogens is 432 g/mol. The number of fused-ring (bicyclic) bond motifs is 2. The molecule has 0 aromatic heterocycles. The van der Waals surface area contributed by atoms with Gasteiger partial charge in [0.2, 0.25) is 0 Å². The Morgan fingerprint density at radius 3 is 2.55 bits per heavy atom. The van der Waals surface area contributed by atoms with Gasteiger partial charge in [0.25, 0.3) is 0 Å². The molecule has 5 aliphatic carbocycles. The summed E-state index contributed by atoms with van der Waals surface area (Å²) in [4.78, 5) is 62.0. The lowest BCUT2D eigenvalue weighted by atomic mass is 9.78. The highest BCUT2D eigenvalue weighted by molar-refractivity contribution is 5.89. The summed E-state index contributed by atoms with van der Waals surface area (Å²) in [7, 11) is 0. The van der Waals surface area contributed by atoms with Crippen LogP contribution in [-0.2, 0) is 42.9 Å². The molecule has 0 aromatic carbocycles. The van der Waals surface area contributed by atoms with Crippen LogP contribution in [0.25, 0.3) is 0 Å². The van der Waals surface area contributed by atoms with Gasteiger partial charge >= 0.3 is 23.9 Å². The van der Waals surface area contributed by atoms with E-state index >= 15 is 0 Å². The molecule has 11 atom stereocenters. The summed E-state index contributed by atoms with van der Waals surface area (Å²) in [5.41, 5.74) is 0.161. The summed E-state index contributed by atoms with van der Waals surface area (Å²) >= 11 is 0. The van der Waals surface area contributed by atoms with Gasteiger partial charge in [-0.05, 0) is 38.0 Å². The highest BCUT2D eigenvalue weighted by Crippen LogP contribution is 2.61. The number of ether oxygens (including phenoxy) is 4. The van der Waals surface area contributed by atoms with Gasteiger partial charge < -0.3 is 18.9 Å². The van der Waals surface area contributed by atoms with Gasteiger partial charge in [0.05, 0.1) is 11.8 Å². The van der Waals surface area contributed by atoms with Gasteiger partial charge in [-0.2, -0.15) is 0 Å². The zero-order valence-corrected chi connectivity index (χ0v) is 18.3. The van der Waals surface area contributed by atoms with Crippen LogP contribution in [0.1, 0.15) is 32.6 Å². The molecule has 6 fully saturated rings. The van der Waals surface area contributed by atoms with Crippen LogP contribution in [0.15, 0.2) is 12.2 Å². The van der Waals surface area contributed by atoms with Crippen molar-refractivity contribution in [2.75, 3.05) is 6.61 Å². The fourth-order valence-electron chi connectivity index (χ4n) is 7.77. The average molecular weight is 458 g/mol. The Morgan fingerprint density at radius 1 is 1.00 bits per heavy atom. The summed E-state index contributed by atoms with van der Waals surface area (Å²) in [6, 6.07) is 0. The van der Waals surface area contributed by atoms with Crippen molar-refractivity contribution in [3.63, 3.8) is 0 Å². The molecule has 1 aliphatic heterocycles. The molecular formula is C24H26O9. The molecule has 11 unspecified atom stereocenters. The minimum Gasteiger partial charge on any atom is -0.462 e. The summed E-state index contributed by atoms with van der Waals surface area (Å²) < 4.78 is 21.9. The van der Waals surface area contributed by atoms with Crippen molar-refractivity contribution in [1.82, 2.24) is 0 Å². The second-order valence-electron chi connectivity index (χ2n) is 10.6. The Kier molecular flexibility index (Phi) is 4.52. The van der Waals surface area contributed by atoms with E-state index in [4.69, 9.17) is 18.9 Å². The van der Waals surface area contributed by atoms with Crippen molar-refractivity contribution in [3.05, 3.63) is 12.2 Å². The quantitative estimate of drug-likeness (QED) is 0.326. The van der Waals surface area contributed by atoms with Gasteiger partial charge in [-0.1, -0.05) is 6.58 Å². The molecule has 0 radical (unpaired) electrons. The second-order valence-corrected chi connectivity index (χ2v) is 10.6. The fraction of sp³-hybridized carbons (Fsp3) is 0.708. The normalized spacial score (nSPS) is 45.3. The molecule has 176 valence electrons. The molecule has 9 nitrogen and oxygen atoms in total. The second kappa shape index (κ2) is 7.14. The van der Waals surface area contributed by atoms with Crippen molar-refractivity contribution in [2.45, 2.75) is 50.9 Å². The summed E-state index contributed by atoms with van der Waals surface area (Å²) in [6.07, 6.45) is 1.07. The zero-order chi connectivity index (χ0) is 23.2. The molecule has 4 bridgehead atoms. The maximum Gasteiger partial charge on any atom is 0.344 e. The highest BCUT2D eigenvalue weighted by atomic mass is 16.6. The van der Waals surface area contributed by atoms with Crippen LogP contribution in [0.5, 0.6) is 0 Å². The number of hydrogen-bond donors (Lipinski definition) is 0. The van der Waals surface area contributed by atoms with Crippen molar-refractivity contribution >= 4 is 29.7 Å². The number of carbonyl (C=O) groups excluding carboxylic acids is 5. The molecule has 0 amide bonds. The van der Waals surface area contributed by atoms with E-state index < -0.39 is 54.5 Å². The summed E-state index contributed by atoms with van der Waals surface area (Å²) in [5.74, 6) is -3.25. The van der Waals surface area contributed by atoms with Crippen LogP contribution in [0.4, 0.5) is 0 Å². The van der Waals surface area contributed by atoms with E-state index in [1.165, 1.54) is 6.92 Å². The topological polar surface area (TPSA) is 122 Å². The minimum atomic E-state index is -0.774. The molecule has 9 heteroatoms. The first-order chi connectivity index (χ1) is 15.7. The van der Waals surface area contributed by atoms with Gasteiger partial charge in [-0.25, -0.2) is 9.59 Å². The number of rotatable bonds is 6. The zero-order valence-electron chi connectivity index (χ0n) is 18.3. The van der Waals surface area contributed by atoms with Crippen LogP contribution in [0, 0.1) is 47.3 Å². The van der Waals surface area contributed by atoms with Crippen LogP contribution >= 0.6 is 0 Å². The SMILES string of the molecule is C=C(C)C(=O)OCC(=O)OC1C2CC3C1OC(=O)C3C2C(=O)OC1C2CC3C(=O)CC1C3C2. The minimum absolute atomic E-state index is 0.0868. The van der Waals surface area contributed by atoms with Crippen molar-refractivity contribution in [2.24, 2.45) is 47.3 Å². The Hall–Kier alpha value is -2.71. The lowest BCUT2D eigenvalue weighted by molar-refractivity contribution is -0.174. The number of esters is 4. The lowest BCUT2D eigenvalue weighted by Crippen LogP contribution is -2.45. The first-order valence-electron chi connectivity index (χ1n) is 11.7. The monoisotopic (exact) mass is 458 g/mol. The van der Waals surface area contributed by atoms with Crippen molar-refractivity contribution in [3.8, 4) is 0 Å². The van der Waals surface area contributed by atoms with E-state index in [9.17, 15) is 24.0 Å². The third-order valence-corrected chi connectivity index (χ3v) is 8.94. The van der Waals surface area contributed by atoms with Gasteiger partial charge in [-0.15, -0.1) is 0 Å². The Labute approximate surface area is 190 Å². The third kappa shape index (κ3) is 2.93. The molecule has 1 saturated heterocycles. The highest BCUT2D eigenvalue weighted by Gasteiger charge is 2.71. The third-order valence-electron chi connectivity index (χ3n) is 8.94. The van der Waals surface area contributed by atoms with E-state index in [-0.39, 0.29) is 47.0 Å². The molecule has 0 aromatic rings. The van der Waals surface area contributed by atoms with Gasteiger partial charge in [0.1, 0.15) is 24.1 Å². The Bertz CT molecular complexity index is 984. The Morgan fingerprint density at radius 2 is 1.79 bits per heavy atom. The molecule has 1 heterocycles. The van der Waals surface area contributed by atoms with Crippen LogP contribution in [0.2, 0.25) is 0 Å². The van der Waals surface area contributed by atoms with Crippen LogP contribution in [0.3, 0.4) is 0 Å². The summed E-state index contributed by atoms with van der Waals surface area (Å²) in [5, 5.41) is 0. The van der Waals surface area contributed by atoms with E-state index in [0.717, 1.165) is 12.8 Å². The first kappa shape index (κ1) is 20.9. The van der Waals surface area contributed by atoms with E-state index in [0.29, 0.717) is 18.8 Å². The standard InChI is InChI=1S/C24H26O9/c1-8(2)22(27)30-7-16(26)31-20-13-5-14-18(24(29)33-21(14)20)17(13)23(28)32-19-9-3-10-11(4-9)15(25)6-12(10)19/h9-14,17-21H,1,3-7H2,2H3. The lowest BCUT2D eigenvalue weighted by Gasteiger charge is -2.33. The van der Waals surface area contributed by atoms with Crippen molar-refractivity contribution < 1.29 is 42.9 Å². The van der Waals surface area contributed by atoms with Crippen LogP contribution in [-0.4, -0.2) is 54.6 Å². The predicted octanol–water partition coefficient (Wildman–Crippen LogP) is 0.982. The number of Topliss-reactive ketones (excluding diaryl/α,β-unsaturated/α-hetero) is 1.